The van der Waals surface area contributed by atoms with Crippen LogP contribution in [0.4, 0.5) is 0 Å². The second-order valence-electron chi connectivity index (χ2n) is 5.81. The molecule has 0 radical (unpaired) electrons. The van der Waals surface area contributed by atoms with Crippen molar-refractivity contribution in [3.8, 4) is 17.2 Å². The highest BCUT2D eigenvalue weighted by Crippen LogP contribution is 2.30. The first-order valence-electron chi connectivity index (χ1n) is 7.94. The van der Waals surface area contributed by atoms with Crippen LogP contribution in [0.3, 0.4) is 0 Å². The van der Waals surface area contributed by atoms with E-state index in [0.29, 0.717) is 33.8 Å². The number of methoxy groups -OCH3 is 2. The number of aromatic nitrogens is 2. The summed E-state index contributed by atoms with van der Waals surface area (Å²) in [5.74, 6) is 1.44. The second kappa shape index (κ2) is 6.87. The molecule has 0 amide bonds. The van der Waals surface area contributed by atoms with E-state index in [1.54, 1.807) is 37.3 Å². The van der Waals surface area contributed by atoms with E-state index >= 15 is 0 Å². The lowest BCUT2D eigenvalue weighted by Crippen LogP contribution is -2.20. The van der Waals surface area contributed by atoms with Gasteiger partial charge in [-0.05, 0) is 32.0 Å². The highest BCUT2D eigenvalue weighted by Gasteiger charge is 2.13. The van der Waals surface area contributed by atoms with E-state index < -0.39 is 0 Å². The maximum atomic E-state index is 12.8. The first kappa shape index (κ1) is 17.5. The second-order valence-corrected chi connectivity index (χ2v) is 5.81. The third-order valence-corrected chi connectivity index (χ3v) is 4.01. The molecule has 0 spiro atoms. The Morgan fingerprint density at radius 1 is 1.12 bits per heavy atom. The lowest BCUT2D eigenvalue weighted by molar-refractivity contribution is 0.355. The van der Waals surface area contributed by atoms with Crippen LogP contribution in [0.15, 0.2) is 40.2 Å². The maximum absolute atomic E-state index is 12.8. The summed E-state index contributed by atoms with van der Waals surface area (Å²) < 4.78 is 11.7. The summed E-state index contributed by atoms with van der Waals surface area (Å²) in [6.07, 6.45) is 1.44. The third kappa shape index (κ3) is 3.11. The minimum absolute atomic E-state index is 0.0882. The molecule has 2 aromatic carbocycles. The van der Waals surface area contributed by atoms with Crippen molar-refractivity contribution in [2.75, 3.05) is 14.2 Å². The van der Waals surface area contributed by atoms with Crippen molar-refractivity contribution in [2.24, 2.45) is 5.10 Å². The van der Waals surface area contributed by atoms with Crippen molar-refractivity contribution in [3.63, 3.8) is 0 Å². The fourth-order valence-electron chi connectivity index (χ4n) is 2.65. The molecule has 1 N–H and O–H groups in total. The molecule has 3 rings (SSSR count). The summed E-state index contributed by atoms with van der Waals surface area (Å²) in [7, 11) is 3.03. The van der Waals surface area contributed by atoms with Gasteiger partial charge in [0, 0.05) is 11.6 Å². The lowest BCUT2D eigenvalue weighted by atomic mass is 10.1. The van der Waals surface area contributed by atoms with Gasteiger partial charge in [0.05, 0.1) is 31.3 Å². The molecule has 1 aromatic heterocycles. The number of aryl methyl sites for hydroxylation is 2. The molecule has 0 saturated heterocycles. The van der Waals surface area contributed by atoms with Crippen LogP contribution in [-0.2, 0) is 0 Å². The monoisotopic (exact) mass is 353 g/mol. The molecule has 0 aliphatic rings. The van der Waals surface area contributed by atoms with Gasteiger partial charge in [0.2, 0.25) is 0 Å². The molecule has 134 valence electrons. The van der Waals surface area contributed by atoms with Crippen molar-refractivity contribution in [3.05, 3.63) is 57.6 Å². The first-order valence-corrected chi connectivity index (χ1v) is 7.94. The first-order chi connectivity index (χ1) is 12.4. The highest BCUT2D eigenvalue weighted by atomic mass is 16.5. The van der Waals surface area contributed by atoms with Gasteiger partial charge in [-0.2, -0.15) is 9.78 Å². The van der Waals surface area contributed by atoms with E-state index in [2.05, 4.69) is 10.1 Å². The molecule has 26 heavy (non-hydrogen) atoms. The fourth-order valence-corrected chi connectivity index (χ4v) is 2.65. The van der Waals surface area contributed by atoms with Gasteiger partial charge in [-0.1, -0.05) is 11.6 Å². The van der Waals surface area contributed by atoms with Gasteiger partial charge in [-0.25, -0.2) is 4.98 Å². The van der Waals surface area contributed by atoms with Crippen LogP contribution in [0.25, 0.3) is 10.9 Å². The van der Waals surface area contributed by atoms with Gasteiger partial charge in [-0.15, -0.1) is 0 Å². The van der Waals surface area contributed by atoms with Crippen LogP contribution >= 0.6 is 0 Å². The SMILES string of the molecule is COc1cc2nc(C)n(N=Cc3cc(C)ccc3O)c(=O)c2cc1OC. The van der Waals surface area contributed by atoms with E-state index in [1.807, 2.05) is 6.92 Å². The van der Waals surface area contributed by atoms with Gasteiger partial charge in [-0.3, -0.25) is 4.79 Å². The smallest absolute Gasteiger partial charge is 0.282 e. The van der Waals surface area contributed by atoms with Crippen LogP contribution in [0.1, 0.15) is 17.0 Å². The summed E-state index contributed by atoms with van der Waals surface area (Å²) >= 11 is 0. The van der Waals surface area contributed by atoms with Gasteiger partial charge in [0.25, 0.3) is 5.56 Å². The maximum Gasteiger partial charge on any atom is 0.282 e. The number of phenolic OH excluding ortho intramolecular Hbond substituents is 1. The highest BCUT2D eigenvalue weighted by molar-refractivity contribution is 5.84. The molecule has 0 fully saturated rings. The minimum Gasteiger partial charge on any atom is -0.507 e. The standard InChI is InChI=1S/C19H19N3O4/c1-11-5-6-16(23)13(7-11)10-20-22-12(2)21-15-9-18(26-4)17(25-3)8-14(15)19(22)24/h5-10,23H,1-4H3. The summed E-state index contributed by atoms with van der Waals surface area (Å²) in [5, 5.41) is 14.5. The Morgan fingerprint density at radius 2 is 1.81 bits per heavy atom. The van der Waals surface area contributed by atoms with Crippen LogP contribution in [0.2, 0.25) is 0 Å². The number of aromatic hydroxyl groups is 1. The molecule has 0 aliphatic carbocycles. The number of hydrogen-bond acceptors (Lipinski definition) is 6. The van der Waals surface area contributed by atoms with E-state index in [1.165, 1.54) is 25.1 Å². The number of rotatable bonds is 4. The molecule has 0 bridgehead atoms. The zero-order valence-corrected chi connectivity index (χ0v) is 15.0. The average molecular weight is 353 g/mol. The van der Waals surface area contributed by atoms with Crippen LogP contribution in [0, 0.1) is 13.8 Å². The normalized spacial score (nSPS) is 11.2. The third-order valence-electron chi connectivity index (χ3n) is 4.01. The molecule has 0 aliphatic heterocycles. The van der Waals surface area contributed by atoms with Crippen LogP contribution in [-0.4, -0.2) is 35.2 Å². The molecule has 0 atom stereocenters. The average Bonchev–Trinajstić information content (AvgIpc) is 2.63. The van der Waals surface area contributed by atoms with Crippen LogP contribution in [0.5, 0.6) is 17.2 Å². The van der Waals surface area contributed by atoms with Crippen LogP contribution < -0.4 is 15.0 Å². The predicted octanol–water partition coefficient (Wildman–Crippen LogP) is 2.62. The van der Waals surface area contributed by atoms with Gasteiger partial charge >= 0.3 is 0 Å². The van der Waals surface area contributed by atoms with Crippen molar-refractivity contribution >= 4 is 17.1 Å². The van der Waals surface area contributed by atoms with Crippen molar-refractivity contribution in [1.82, 2.24) is 9.66 Å². The number of phenols is 1. The Labute approximate surface area is 150 Å². The summed E-state index contributed by atoms with van der Waals surface area (Å²) in [4.78, 5) is 17.3. The molecular weight excluding hydrogens is 334 g/mol. The van der Waals surface area contributed by atoms with E-state index in [-0.39, 0.29) is 11.3 Å². The molecule has 7 nitrogen and oxygen atoms in total. The number of nitrogens with zero attached hydrogens (tertiary/aromatic N) is 3. The number of benzene rings is 2. The summed E-state index contributed by atoms with van der Waals surface area (Å²) in [5.41, 5.74) is 1.65. The number of ether oxygens (including phenoxy) is 2. The number of hydrogen-bond donors (Lipinski definition) is 1. The van der Waals surface area contributed by atoms with E-state index in [9.17, 15) is 9.90 Å². The van der Waals surface area contributed by atoms with Gasteiger partial charge in [0.1, 0.15) is 11.6 Å². The minimum atomic E-state index is -0.336. The predicted molar refractivity (Wildman–Crippen MR) is 99.7 cm³/mol. The summed E-state index contributed by atoms with van der Waals surface area (Å²) in [6, 6.07) is 8.40. The molecule has 1 heterocycles. The van der Waals surface area contributed by atoms with E-state index in [0.717, 1.165) is 5.56 Å². The molecule has 3 aromatic rings. The zero-order chi connectivity index (χ0) is 18.8. The molecule has 0 unspecified atom stereocenters. The van der Waals surface area contributed by atoms with Gasteiger partial charge in [0.15, 0.2) is 11.5 Å². The molecule has 0 saturated carbocycles. The molecule has 7 heteroatoms. The molecular formula is C19H19N3O4. The Morgan fingerprint density at radius 3 is 2.50 bits per heavy atom. The van der Waals surface area contributed by atoms with Crippen molar-refractivity contribution in [1.29, 1.82) is 0 Å². The van der Waals surface area contributed by atoms with Crippen molar-refractivity contribution < 1.29 is 14.6 Å². The Bertz CT molecular complexity index is 1070. The lowest BCUT2D eigenvalue weighted by Gasteiger charge is -2.10. The Hall–Kier alpha value is -3.35. The fraction of sp³-hybridized carbons (Fsp3) is 0.211. The Kier molecular flexibility index (Phi) is 4.62. The largest absolute Gasteiger partial charge is 0.507 e. The van der Waals surface area contributed by atoms with Gasteiger partial charge < -0.3 is 14.6 Å². The van der Waals surface area contributed by atoms with E-state index in [4.69, 9.17) is 9.47 Å². The summed E-state index contributed by atoms with van der Waals surface area (Å²) in [6.45, 7) is 3.59. The topological polar surface area (TPSA) is 85.9 Å². The quantitative estimate of drug-likeness (QED) is 0.729. The zero-order valence-electron chi connectivity index (χ0n) is 15.0. The number of fused-ring (bicyclic) bond motifs is 1. The van der Waals surface area contributed by atoms with Crippen molar-refractivity contribution in [2.45, 2.75) is 13.8 Å². The Balaban J connectivity index is 2.16.